The van der Waals surface area contributed by atoms with Crippen LogP contribution in [0.2, 0.25) is 5.02 Å². The fourth-order valence-electron chi connectivity index (χ4n) is 2.48. The van der Waals surface area contributed by atoms with Crippen molar-refractivity contribution >= 4 is 17.4 Å². The lowest BCUT2D eigenvalue weighted by Crippen LogP contribution is -2.41. The summed E-state index contributed by atoms with van der Waals surface area (Å²) in [6.45, 7) is 3.06. The molecule has 1 aliphatic rings. The van der Waals surface area contributed by atoms with Gasteiger partial charge in [-0.3, -0.25) is 4.90 Å². The molecule has 1 aromatic heterocycles. The van der Waals surface area contributed by atoms with Crippen LogP contribution in [-0.2, 0) is 6.54 Å². The molecule has 1 aliphatic heterocycles. The molecule has 0 spiro atoms. The number of pyridine rings is 1. The van der Waals surface area contributed by atoms with Crippen molar-refractivity contribution in [3.05, 3.63) is 22.8 Å². The first-order chi connectivity index (χ1) is 9.10. The van der Waals surface area contributed by atoms with Gasteiger partial charge in [-0.15, -0.1) is 0 Å². The molecule has 5 nitrogen and oxygen atoms in total. The van der Waals surface area contributed by atoms with Crippen LogP contribution in [0.1, 0.15) is 18.5 Å². The lowest BCUT2D eigenvalue weighted by molar-refractivity contribution is 0.138. The number of hydrazine groups is 1. The van der Waals surface area contributed by atoms with Crippen molar-refractivity contribution in [2.75, 3.05) is 32.6 Å². The van der Waals surface area contributed by atoms with Crippen molar-refractivity contribution in [3.63, 3.8) is 0 Å². The average Bonchev–Trinajstić information content (AvgIpc) is 2.42. The second-order valence-corrected chi connectivity index (χ2v) is 5.63. The van der Waals surface area contributed by atoms with Gasteiger partial charge in [0.1, 0.15) is 5.82 Å². The Labute approximate surface area is 119 Å². The summed E-state index contributed by atoms with van der Waals surface area (Å²) in [5.41, 5.74) is 3.43. The molecule has 0 radical (unpaired) electrons. The fraction of sp³-hybridized carbons (Fsp3) is 0.615. The van der Waals surface area contributed by atoms with E-state index in [2.05, 4.69) is 34.3 Å². The van der Waals surface area contributed by atoms with E-state index in [0.29, 0.717) is 16.9 Å². The van der Waals surface area contributed by atoms with E-state index in [1.807, 2.05) is 6.07 Å². The number of rotatable bonds is 4. The molecule has 6 heteroatoms. The second-order valence-electron chi connectivity index (χ2n) is 5.22. The van der Waals surface area contributed by atoms with E-state index in [9.17, 15) is 0 Å². The third-order valence-corrected chi connectivity index (χ3v) is 4.12. The first-order valence-electron chi connectivity index (χ1n) is 6.61. The van der Waals surface area contributed by atoms with E-state index in [1.165, 1.54) is 12.8 Å². The molecule has 2 rings (SSSR count). The minimum atomic E-state index is 0.601. The number of aromatic nitrogens is 1. The summed E-state index contributed by atoms with van der Waals surface area (Å²) in [6, 6.07) is 4.21. The van der Waals surface area contributed by atoms with Crippen molar-refractivity contribution in [3.8, 4) is 0 Å². The topological polar surface area (TPSA) is 57.4 Å². The van der Waals surface area contributed by atoms with Gasteiger partial charge in [-0.2, -0.15) is 0 Å². The van der Waals surface area contributed by atoms with Crippen LogP contribution in [-0.4, -0.2) is 48.0 Å². The standard InChI is InChI=1S/C13H22ClN5/c1-18-7-5-10(6-8-18)19(2)9-12-11(14)3-4-13(16-12)17-15/h3-4,10H,5-9,15H2,1-2H3,(H,16,17). The predicted octanol–water partition coefficient (Wildman–Crippen LogP) is 1.55. The van der Waals surface area contributed by atoms with Crippen LogP contribution in [0.25, 0.3) is 0 Å². The van der Waals surface area contributed by atoms with Crippen LogP contribution in [0.15, 0.2) is 12.1 Å². The van der Waals surface area contributed by atoms with Crippen LogP contribution < -0.4 is 11.3 Å². The van der Waals surface area contributed by atoms with E-state index >= 15 is 0 Å². The minimum Gasteiger partial charge on any atom is -0.308 e. The van der Waals surface area contributed by atoms with Crippen molar-refractivity contribution in [2.24, 2.45) is 5.84 Å². The van der Waals surface area contributed by atoms with Gasteiger partial charge in [0.05, 0.1) is 10.7 Å². The number of nitrogen functional groups attached to an aromatic ring is 1. The van der Waals surface area contributed by atoms with Gasteiger partial charge in [0.15, 0.2) is 0 Å². The number of nitrogens with two attached hydrogens (primary N) is 1. The zero-order valence-electron chi connectivity index (χ0n) is 11.6. The van der Waals surface area contributed by atoms with Gasteiger partial charge < -0.3 is 10.3 Å². The Balaban J connectivity index is 2.00. The Hall–Kier alpha value is -0.880. The third-order valence-electron chi connectivity index (χ3n) is 3.78. The summed E-state index contributed by atoms with van der Waals surface area (Å²) in [5.74, 6) is 6.03. The van der Waals surface area contributed by atoms with Crippen LogP contribution in [0.3, 0.4) is 0 Å². The molecule has 106 valence electrons. The number of hydrogen-bond acceptors (Lipinski definition) is 5. The first-order valence-corrected chi connectivity index (χ1v) is 6.98. The summed E-state index contributed by atoms with van der Waals surface area (Å²) in [7, 11) is 4.31. The van der Waals surface area contributed by atoms with E-state index in [-0.39, 0.29) is 0 Å². The Bertz CT molecular complexity index is 417. The highest BCUT2D eigenvalue weighted by atomic mass is 35.5. The van der Waals surface area contributed by atoms with Gasteiger partial charge in [-0.1, -0.05) is 11.6 Å². The number of halogens is 1. The van der Waals surface area contributed by atoms with E-state index in [4.69, 9.17) is 17.4 Å². The quantitative estimate of drug-likeness (QED) is 0.649. The monoisotopic (exact) mass is 283 g/mol. The van der Waals surface area contributed by atoms with Gasteiger partial charge in [-0.25, -0.2) is 10.8 Å². The molecule has 3 N–H and O–H groups in total. The Morgan fingerprint density at radius 1 is 1.47 bits per heavy atom. The smallest absolute Gasteiger partial charge is 0.140 e. The normalized spacial score (nSPS) is 17.9. The van der Waals surface area contributed by atoms with Crippen LogP contribution in [0.5, 0.6) is 0 Å². The molecule has 1 saturated heterocycles. The zero-order chi connectivity index (χ0) is 13.8. The van der Waals surface area contributed by atoms with Crippen molar-refractivity contribution in [1.29, 1.82) is 0 Å². The molecule has 0 unspecified atom stereocenters. The zero-order valence-corrected chi connectivity index (χ0v) is 12.3. The molecular weight excluding hydrogens is 262 g/mol. The summed E-state index contributed by atoms with van der Waals surface area (Å²) >= 11 is 6.19. The maximum Gasteiger partial charge on any atom is 0.140 e. The van der Waals surface area contributed by atoms with E-state index < -0.39 is 0 Å². The molecule has 0 bridgehead atoms. The summed E-state index contributed by atoms with van der Waals surface area (Å²) < 4.78 is 0. The second kappa shape index (κ2) is 6.52. The predicted molar refractivity (Wildman–Crippen MR) is 79.0 cm³/mol. The average molecular weight is 284 g/mol. The highest BCUT2D eigenvalue weighted by molar-refractivity contribution is 6.31. The molecule has 0 aromatic carbocycles. The molecule has 0 amide bonds. The van der Waals surface area contributed by atoms with E-state index in [1.54, 1.807) is 6.07 Å². The molecule has 1 fully saturated rings. The number of hydrogen-bond donors (Lipinski definition) is 2. The number of anilines is 1. The largest absolute Gasteiger partial charge is 0.308 e. The van der Waals surface area contributed by atoms with Gasteiger partial charge in [0, 0.05) is 12.6 Å². The minimum absolute atomic E-state index is 0.601. The van der Waals surface area contributed by atoms with Gasteiger partial charge in [0.2, 0.25) is 0 Å². The lowest BCUT2D eigenvalue weighted by atomic mass is 10.0. The highest BCUT2D eigenvalue weighted by Gasteiger charge is 2.21. The molecule has 0 saturated carbocycles. The molecular formula is C13H22ClN5. The van der Waals surface area contributed by atoms with Crippen LogP contribution in [0, 0.1) is 0 Å². The Morgan fingerprint density at radius 3 is 2.79 bits per heavy atom. The SMILES string of the molecule is CN1CCC(N(C)Cc2nc(NN)ccc2Cl)CC1. The summed E-state index contributed by atoms with van der Waals surface area (Å²) in [4.78, 5) is 9.12. The molecule has 0 aliphatic carbocycles. The molecule has 19 heavy (non-hydrogen) atoms. The number of piperidine rings is 1. The molecule has 2 heterocycles. The van der Waals surface area contributed by atoms with Gasteiger partial charge in [-0.05, 0) is 52.2 Å². The summed E-state index contributed by atoms with van der Waals surface area (Å²) in [6.07, 6.45) is 2.39. The maximum absolute atomic E-state index is 6.19. The molecule has 1 aromatic rings. The van der Waals surface area contributed by atoms with Crippen LogP contribution in [0.4, 0.5) is 5.82 Å². The fourth-order valence-corrected chi connectivity index (χ4v) is 2.64. The maximum atomic E-state index is 6.19. The number of nitrogens with zero attached hydrogens (tertiary/aromatic N) is 3. The number of nitrogens with one attached hydrogen (secondary N) is 1. The van der Waals surface area contributed by atoms with Crippen molar-refractivity contribution in [1.82, 2.24) is 14.8 Å². The Kier molecular flexibility index (Phi) is 4.99. The third kappa shape index (κ3) is 3.79. The van der Waals surface area contributed by atoms with E-state index in [0.717, 1.165) is 25.3 Å². The van der Waals surface area contributed by atoms with Gasteiger partial charge in [0.25, 0.3) is 0 Å². The lowest BCUT2D eigenvalue weighted by Gasteiger charge is -2.35. The number of likely N-dealkylation sites (tertiary alicyclic amines) is 1. The summed E-state index contributed by atoms with van der Waals surface area (Å²) in [5, 5.41) is 0.693. The Morgan fingerprint density at radius 2 is 2.16 bits per heavy atom. The highest BCUT2D eigenvalue weighted by Crippen LogP contribution is 2.21. The first kappa shape index (κ1) is 14.5. The molecule has 0 atom stereocenters. The van der Waals surface area contributed by atoms with Crippen molar-refractivity contribution in [2.45, 2.75) is 25.4 Å². The van der Waals surface area contributed by atoms with Crippen LogP contribution >= 0.6 is 11.6 Å². The van der Waals surface area contributed by atoms with Gasteiger partial charge >= 0.3 is 0 Å². The van der Waals surface area contributed by atoms with Crippen molar-refractivity contribution < 1.29 is 0 Å².